The molecule has 8 heteroatoms. The van der Waals surface area contributed by atoms with Crippen LogP contribution in [0.1, 0.15) is 18.4 Å². The molecule has 1 fully saturated rings. The van der Waals surface area contributed by atoms with Gasteiger partial charge in [-0.3, -0.25) is 9.69 Å². The Morgan fingerprint density at radius 3 is 2.54 bits per heavy atom. The highest BCUT2D eigenvalue weighted by Gasteiger charge is 2.35. The molecule has 2 rings (SSSR count). The first-order chi connectivity index (χ1) is 11.9. The molecule has 1 aliphatic heterocycles. The quantitative estimate of drug-likeness (QED) is 0.775. The van der Waals surface area contributed by atoms with E-state index in [2.05, 4.69) is 0 Å². The van der Waals surface area contributed by atoms with E-state index in [1.54, 1.807) is 4.90 Å². The number of nitrogens with zero attached hydrogens (tertiary/aromatic N) is 2. The Hall–Kier alpha value is -1.31. The van der Waals surface area contributed by atoms with E-state index in [9.17, 15) is 18.0 Å². The van der Waals surface area contributed by atoms with Crippen LogP contribution in [0.25, 0.3) is 0 Å². The van der Waals surface area contributed by atoms with Gasteiger partial charge in [-0.1, -0.05) is 30.3 Å². The monoisotopic (exact) mass is 393 g/mol. The highest BCUT2D eigenvalue weighted by atomic mass is 35.5. The van der Waals surface area contributed by atoms with Crippen molar-refractivity contribution in [2.45, 2.75) is 25.4 Å². The summed E-state index contributed by atoms with van der Waals surface area (Å²) in [4.78, 5) is 15.8. The Labute approximate surface area is 158 Å². The molecule has 0 aromatic heterocycles. The second-order valence-corrected chi connectivity index (χ2v) is 6.54. The van der Waals surface area contributed by atoms with Gasteiger partial charge in [0.1, 0.15) is 0 Å². The van der Waals surface area contributed by atoms with E-state index >= 15 is 0 Å². The van der Waals surface area contributed by atoms with Crippen molar-refractivity contribution in [3.8, 4) is 0 Å². The van der Waals surface area contributed by atoms with Crippen LogP contribution >= 0.6 is 12.4 Å². The van der Waals surface area contributed by atoms with Crippen molar-refractivity contribution in [1.82, 2.24) is 9.80 Å². The SMILES string of the molecule is Cl.NCCN(CCc1ccccc1)C(=O)C1CCCN(CC(F)(F)F)C1. The number of carbonyl (C=O) groups excluding carboxylic acids is 1. The van der Waals surface area contributed by atoms with Crippen molar-refractivity contribution in [3.63, 3.8) is 0 Å². The van der Waals surface area contributed by atoms with E-state index < -0.39 is 12.7 Å². The normalized spacial score (nSPS) is 18.2. The van der Waals surface area contributed by atoms with Gasteiger partial charge in [0.15, 0.2) is 0 Å². The molecule has 2 N–H and O–H groups in total. The van der Waals surface area contributed by atoms with Gasteiger partial charge in [0.25, 0.3) is 0 Å². The Morgan fingerprint density at radius 1 is 1.23 bits per heavy atom. The van der Waals surface area contributed by atoms with Crippen LogP contribution in [0.15, 0.2) is 30.3 Å². The summed E-state index contributed by atoms with van der Waals surface area (Å²) in [6.07, 6.45) is -2.26. The zero-order valence-electron chi connectivity index (χ0n) is 14.8. The van der Waals surface area contributed by atoms with E-state index in [0.717, 1.165) is 5.56 Å². The van der Waals surface area contributed by atoms with E-state index in [1.165, 1.54) is 4.90 Å². The third-order valence-corrected chi connectivity index (χ3v) is 4.48. The number of amides is 1. The van der Waals surface area contributed by atoms with Crippen LogP contribution in [0.4, 0.5) is 13.2 Å². The zero-order chi connectivity index (χ0) is 18.3. The summed E-state index contributed by atoms with van der Waals surface area (Å²) < 4.78 is 37.8. The molecule has 1 aromatic rings. The molecule has 1 heterocycles. The van der Waals surface area contributed by atoms with Crippen LogP contribution < -0.4 is 5.73 Å². The molecule has 1 unspecified atom stereocenters. The molecule has 0 spiro atoms. The molecule has 0 bridgehead atoms. The fourth-order valence-corrected chi connectivity index (χ4v) is 3.31. The number of alkyl halides is 3. The van der Waals surface area contributed by atoms with Crippen molar-refractivity contribution < 1.29 is 18.0 Å². The highest BCUT2D eigenvalue weighted by molar-refractivity contribution is 5.85. The number of hydrogen-bond acceptors (Lipinski definition) is 3. The molecule has 0 radical (unpaired) electrons. The van der Waals surface area contributed by atoms with Crippen LogP contribution in [-0.2, 0) is 11.2 Å². The van der Waals surface area contributed by atoms with Crippen molar-refractivity contribution >= 4 is 18.3 Å². The van der Waals surface area contributed by atoms with Crippen LogP contribution in [0, 0.1) is 5.92 Å². The molecular formula is C18H27ClF3N3O. The first-order valence-electron chi connectivity index (χ1n) is 8.71. The maximum atomic E-state index is 12.8. The lowest BCUT2D eigenvalue weighted by atomic mass is 9.96. The van der Waals surface area contributed by atoms with Gasteiger partial charge in [0.2, 0.25) is 5.91 Å². The molecule has 1 aromatic carbocycles. The van der Waals surface area contributed by atoms with Crippen LogP contribution in [0.2, 0.25) is 0 Å². The maximum absolute atomic E-state index is 12.8. The summed E-state index contributed by atoms with van der Waals surface area (Å²) in [6, 6.07) is 9.82. The molecule has 1 atom stereocenters. The summed E-state index contributed by atoms with van der Waals surface area (Å²) in [5, 5.41) is 0. The van der Waals surface area contributed by atoms with Crippen molar-refractivity contribution in [3.05, 3.63) is 35.9 Å². The molecule has 1 saturated heterocycles. The average Bonchev–Trinajstić information content (AvgIpc) is 2.57. The Balaban J connectivity index is 0.00000338. The summed E-state index contributed by atoms with van der Waals surface area (Å²) >= 11 is 0. The third-order valence-electron chi connectivity index (χ3n) is 4.48. The minimum Gasteiger partial charge on any atom is -0.341 e. The second-order valence-electron chi connectivity index (χ2n) is 6.54. The van der Waals surface area contributed by atoms with Gasteiger partial charge in [-0.2, -0.15) is 13.2 Å². The summed E-state index contributed by atoms with van der Waals surface area (Å²) in [6.45, 7) is 0.934. The van der Waals surface area contributed by atoms with E-state index in [-0.39, 0.29) is 30.8 Å². The summed E-state index contributed by atoms with van der Waals surface area (Å²) in [5.74, 6) is -0.452. The lowest BCUT2D eigenvalue weighted by Gasteiger charge is -2.35. The Kier molecular flexibility index (Phi) is 9.39. The molecule has 148 valence electrons. The van der Waals surface area contributed by atoms with Gasteiger partial charge in [-0.05, 0) is 31.4 Å². The van der Waals surface area contributed by atoms with Crippen LogP contribution in [0.3, 0.4) is 0 Å². The fraction of sp³-hybridized carbons (Fsp3) is 0.611. The maximum Gasteiger partial charge on any atom is 0.401 e. The molecule has 4 nitrogen and oxygen atoms in total. The van der Waals surface area contributed by atoms with E-state index in [4.69, 9.17) is 5.73 Å². The predicted octanol–water partition coefficient (Wildman–Crippen LogP) is 2.71. The predicted molar refractivity (Wildman–Crippen MR) is 98.2 cm³/mol. The lowest BCUT2D eigenvalue weighted by molar-refractivity contribution is -0.154. The largest absolute Gasteiger partial charge is 0.401 e. The van der Waals surface area contributed by atoms with E-state index in [0.29, 0.717) is 45.4 Å². The third kappa shape index (κ3) is 7.51. The van der Waals surface area contributed by atoms with Gasteiger partial charge in [0, 0.05) is 26.2 Å². The van der Waals surface area contributed by atoms with Crippen LogP contribution in [-0.4, -0.2) is 61.2 Å². The average molecular weight is 394 g/mol. The number of benzene rings is 1. The zero-order valence-corrected chi connectivity index (χ0v) is 15.6. The first-order valence-corrected chi connectivity index (χ1v) is 8.71. The molecule has 26 heavy (non-hydrogen) atoms. The minimum absolute atomic E-state index is 0. The molecule has 0 aliphatic carbocycles. The van der Waals surface area contributed by atoms with Gasteiger partial charge in [-0.25, -0.2) is 0 Å². The highest BCUT2D eigenvalue weighted by Crippen LogP contribution is 2.23. The topological polar surface area (TPSA) is 49.6 Å². The number of likely N-dealkylation sites (tertiary alicyclic amines) is 1. The van der Waals surface area contributed by atoms with E-state index in [1.807, 2.05) is 30.3 Å². The molecule has 1 amide bonds. The number of nitrogens with two attached hydrogens (primary N) is 1. The second kappa shape index (κ2) is 10.7. The van der Waals surface area contributed by atoms with Crippen molar-refractivity contribution in [2.24, 2.45) is 11.7 Å². The van der Waals surface area contributed by atoms with Crippen molar-refractivity contribution in [2.75, 3.05) is 39.3 Å². The smallest absolute Gasteiger partial charge is 0.341 e. The van der Waals surface area contributed by atoms with Gasteiger partial charge in [-0.15, -0.1) is 12.4 Å². The number of piperidine rings is 1. The van der Waals surface area contributed by atoms with Crippen molar-refractivity contribution in [1.29, 1.82) is 0 Å². The number of hydrogen-bond donors (Lipinski definition) is 1. The minimum atomic E-state index is -4.23. The number of halogens is 4. The fourth-order valence-electron chi connectivity index (χ4n) is 3.31. The van der Waals surface area contributed by atoms with Gasteiger partial charge in [0.05, 0.1) is 12.5 Å². The molecule has 0 saturated carbocycles. The standard InChI is InChI=1S/C18H26F3N3O.ClH/c19-18(20,21)14-23-10-4-7-16(13-23)17(25)24(12-9-22)11-8-15-5-2-1-3-6-15;/h1-3,5-6,16H,4,7-14,22H2;1H. The lowest BCUT2D eigenvalue weighted by Crippen LogP contribution is -2.48. The number of rotatable bonds is 7. The summed E-state index contributed by atoms with van der Waals surface area (Å²) in [5.41, 5.74) is 6.75. The molecular weight excluding hydrogens is 367 g/mol. The van der Waals surface area contributed by atoms with Crippen LogP contribution in [0.5, 0.6) is 0 Å². The first kappa shape index (κ1) is 22.7. The Morgan fingerprint density at radius 2 is 1.92 bits per heavy atom. The number of carbonyl (C=O) groups is 1. The van der Waals surface area contributed by atoms with Gasteiger partial charge < -0.3 is 10.6 Å². The molecule has 1 aliphatic rings. The Bertz CT molecular complexity index is 542. The van der Waals surface area contributed by atoms with Gasteiger partial charge >= 0.3 is 6.18 Å². The summed E-state index contributed by atoms with van der Waals surface area (Å²) in [7, 11) is 0.